The van der Waals surface area contributed by atoms with Gasteiger partial charge in [0.25, 0.3) is 0 Å². The molecule has 2 amide bonds. The van der Waals surface area contributed by atoms with Crippen LogP contribution in [0.3, 0.4) is 0 Å². The molecular weight excluding hydrogens is 236 g/mol. The van der Waals surface area contributed by atoms with E-state index in [1.165, 1.54) is 0 Å². The quantitative estimate of drug-likeness (QED) is 0.498. The number of carboxylic acid groups (broad SMARTS) is 1. The molecular formula is C12H24N2O4. The van der Waals surface area contributed by atoms with E-state index in [2.05, 4.69) is 17.6 Å². The lowest BCUT2D eigenvalue weighted by Crippen LogP contribution is -2.50. The number of amides is 2. The second-order valence-corrected chi connectivity index (χ2v) is 4.32. The molecule has 0 saturated heterocycles. The molecule has 0 heterocycles. The molecule has 0 fully saturated rings. The van der Waals surface area contributed by atoms with E-state index in [-0.39, 0.29) is 6.04 Å². The van der Waals surface area contributed by atoms with Crippen molar-refractivity contribution in [1.82, 2.24) is 10.6 Å². The number of unbranched alkanes of at least 4 members (excludes halogenated alkanes) is 1. The van der Waals surface area contributed by atoms with E-state index in [1.54, 1.807) is 0 Å². The van der Waals surface area contributed by atoms with Gasteiger partial charge in [0.2, 0.25) is 0 Å². The minimum Gasteiger partial charge on any atom is -0.480 e. The van der Waals surface area contributed by atoms with Crippen LogP contribution >= 0.6 is 0 Å². The second-order valence-electron chi connectivity index (χ2n) is 4.32. The number of hydrogen-bond donors (Lipinski definition) is 4. The van der Waals surface area contributed by atoms with Crippen molar-refractivity contribution in [2.45, 2.75) is 58.0 Å². The Hall–Kier alpha value is -1.30. The maximum Gasteiger partial charge on any atom is 0.328 e. The summed E-state index contributed by atoms with van der Waals surface area (Å²) in [6, 6.07) is -1.73. The Kier molecular flexibility index (Phi) is 9.00. The van der Waals surface area contributed by atoms with E-state index in [9.17, 15) is 9.59 Å². The van der Waals surface area contributed by atoms with Crippen LogP contribution < -0.4 is 10.6 Å². The zero-order valence-corrected chi connectivity index (χ0v) is 11.1. The maximum absolute atomic E-state index is 11.6. The molecule has 0 rings (SSSR count). The molecule has 0 bridgehead atoms. The SMILES string of the molecule is CCCCC(CCC)NC(=O)N[C@@H](CO)C(=O)O. The molecule has 6 heteroatoms. The van der Waals surface area contributed by atoms with Crippen LogP contribution in [-0.2, 0) is 4.79 Å². The largest absolute Gasteiger partial charge is 0.480 e. The Labute approximate surface area is 108 Å². The summed E-state index contributed by atoms with van der Waals surface area (Å²) in [6.45, 7) is 3.50. The first kappa shape index (κ1) is 16.7. The summed E-state index contributed by atoms with van der Waals surface area (Å²) < 4.78 is 0. The highest BCUT2D eigenvalue weighted by atomic mass is 16.4. The van der Waals surface area contributed by atoms with Crippen LogP contribution in [0.1, 0.15) is 46.0 Å². The van der Waals surface area contributed by atoms with Crippen LogP contribution in [0.4, 0.5) is 4.79 Å². The number of rotatable bonds is 9. The molecule has 0 aliphatic rings. The van der Waals surface area contributed by atoms with E-state index in [0.717, 1.165) is 32.1 Å². The van der Waals surface area contributed by atoms with Crippen LogP contribution in [0.2, 0.25) is 0 Å². The molecule has 106 valence electrons. The standard InChI is InChI=1S/C12H24N2O4/c1-3-5-7-9(6-4-2)13-12(18)14-10(8-15)11(16)17/h9-10,15H,3-8H2,1-2H3,(H,16,17)(H2,13,14,18)/t9?,10-/m0/s1. The number of hydrogen-bond acceptors (Lipinski definition) is 3. The number of carboxylic acids is 1. The Bertz CT molecular complexity index is 258. The molecule has 0 aromatic heterocycles. The van der Waals surface area contributed by atoms with Crippen molar-refractivity contribution in [2.75, 3.05) is 6.61 Å². The summed E-state index contributed by atoms with van der Waals surface area (Å²) in [6.07, 6.45) is 4.78. The molecule has 0 aromatic rings. The minimum absolute atomic E-state index is 0.0584. The highest BCUT2D eigenvalue weighted by Crippen LogP contribution is 2.06. The van der Waals surface area contributed by atoms with Crippen LogP contribution in [-0.4, -0.2) is 40.9 Å². The molecule has 0 aliphatic heterocycles. The summed E-state index contributed by atoms with van der Waals surface area (Å²) in [5.74, 6) is -1.24. The van der Waals surface area contributed by atoms with Gasteiger partial charge in [0.05, 0.1) is 6.61 Å². The van der Waals surface area contributed by atoms with Gasteiger partial charge in [-0.1, -0.05) is 33.1 Å². The van der Waals surface area contributed by atoms with Gasteiger partial charge in [0, 0.05) is 6.04 Å². The van der Waals surface area contributed by atoms with Gasteiger partial charge in [0.15, 0.2) is 6.04 Å². The fourth-order valence-corrected chi connectivity index (χ4v) is 1.66. The van der Waals surface area contributed by atoms with Gasteiger partial charge in [-0.3, -0.25) is 0 Å². The van der Waals surface area contributed by atoms with E-state index < -0.39 is 24.6 Å². The van der Waals surface area contributed by atoms with E-state index >= 15 is 0 Å². The third-order valence-corrected chi connectivity index (χ3v) is 2.66. The molecule has 0 spiro atoms. The first-order valence-corrected chi connectivity index (χ1v) is 6.45. The molecule has 18 heavy (non-hydrogen) atoms. The van der Waals surface area contributed by atoms with Crippen molar-refractivity contribution in [2.24, 2.45) is 0 Å². The number of nitrogens with one attached hydrogen (secondary N) is 2. The Morgan fingerprint density at radius 1 is 1.11 bits per heavy atom. The van der Waals surface area contributed by atoms with Gasteiger partial charge >= 0.3 is 12.0 Å². The van der Waals surface area contributed by atoms with Gasteiger partial charge < -0.3 is 20.8 Å². The van der Waals surface area contributed by atoms with Crippen molar-refractivity contribution >= 4 is 12.0 Å². The summed E-state index contributed by atoms with van der Waals surface area (Å²) in [7, 11) is 0. The van der Waals surface area contributed by atoms with Gasteiger partial charge in [-0.15, -0.1) is 0 Å². The second kappa shape index (κ2) is 9.70. The van der Waals surface area contributed by atoms with E-state index in [4.69, 9.17) is 10.2 Å². The van der Waals surface area contributed by atoms with Gasteiger partial charge in [-0.2, -0.15) is 0 Å². The predicted octanol–water partition coefficient (Wildman–Crippen LogP) is 1.09. The van der Waals surface area contributed by atoms with E-state index in [0.29, 0.717) is 0 Å². The molecule has 0 aliphatic carbocycles. The third-order valence-electron chi connectivity index (χ3n) is 2.66. The van der Waals surface area contributed by atoms with Crippen LogP contribution in [0, 0.1) is 0 Å². The van der Waals surface area contributed by atoms with Crippen LogP contribution in [0.25, 0.3) is 0 Å². The number of urea groups is 1. The van der Waals surface area contributed by atoms with Crippen molar-refractivity contribution in [3.63, 3.8) is 0 Å². The number of aliphatic hydroxyl groups excluding tert-OH is 1. The number of carbonyl (C=O) groups excluding carboxylic acids is 1. The lowest BCUT2D eigenvalue weighted by atomic mass is 10.1. The van der Waals surface area contributed by atoms with Crippen molar-refractivity contribution in [3.8, 4) is 0 Å². The smallest absolute Gasteiger partial charge is 0.328 e. The normalized spacial score (nSPS) is 13.7. The Morgan fingerprint density at radius 3 is 2.22 bits per heavy atom. The number of aliphatic hydroxyl groups is 1. The predicted molar refractivity (Wildman–Crippen MR) is 68.4 cm³/mol. The maximum atomic E-state index is 11.6. The highest BCUT2D eigenvalue weighted by molar-refractivity contribution is 5.82. The number of carbonyl (C=O) groups is 2. The lowest BCUT2D eigenvalue weighted by Gasteiger charge is -2.20. The molecule has 1 unspecified atom stereocenters. The fraction of sp³-hybridized carbons (Fsp3) is 0.833. The molecule has 6 nitrogen and oxygen atoms in total. The van der Waals surface area contributed by atoms with E-state index in [1.807, 2.05) is 6.92 Å². The third kappa shape index (κ3) is 7.11. The number of aliphatic carboxylic acids is 1. The lowest BCUT2D eigenvalue weighted by molar-refractivity contribution is -0.140. The Morgan fingerprint density at radius 2 is 1.78 bits per heavy atom. The molecule has 4 N–H and O–H groups in total. The minimum atomic E-state index is -1.25. The summed E-state index contributed by atoms with van der Waals surface area (Å²) in [4.78, 5) is 22.2. The summed E-state index contributed by atoms with van der Waals surface area (Å²) in [5, 5.41) is 22.5. The monoisotopic (exact) mass is 260 g/mol. The summed E-state index contributed by atoms with van der Waals surface area (Å²) in [5.41, 5.74) is 0. The first-order valence-electron chi connectivity index (χ1n) is 6.45. The highest BCUT2D eigenvalue weighted by Gasteiger charge is 2.20. The first-order chi connectivity index (χ1) is 8.54. The Balaban J connectivity index is 4.18. The van der Waals surface area contributed by atoms with Gasteiger partial charge in [-0.25, -0.2) is 9.59 Å². The zero-order chi connectivity index (χ0) is 14.0. The molecule has 0 radical (unpaired) electrons. The fourth-order valence-electron chi connectivity index (χ4n) is 1.66. The average molecular weight is 260 g/mol. The van der Waals surface area contributed by atoms with Crippen molar-refractivity contribution in [3.05, 3.63) is 0 Å². The van der Waals surface area contributed by atoms with Crippen LogP contribution in [0.15, 0.2) is 0 Å². The molecule has 0 saturated carbocycles. The van der Waals surface area contributed by atoms with Crippen molar-refractivity contribution < 1.29 is 19.8 Å². The summed E-state index contributed by atoms with van der Waals surface area (Å²) >= 11 is 0. The topological polar surface area (TPSA) is 98.7 Å². The molecule has 0 aromatic carbocycles. The van der Waals surface area contributed by atoms with Gasteiger partial charge in [0.1, 0.15) is 0 Å². The van der Waals surface area contributed by atoms with Crippen molar-refractivity contribution in [1.29, 1.82) is 0 Å². The average Bonchev–Trinajstić information content (AvgIpc) is 2.32. The molecule has 2 atom stereocenters. The zero-order valence-electron chi connectivity index (χ0n) is 11.1. The van der Waals surface area contributed by atoms with Crippen LogP contribution in [0.5, 0.6) is 0 Å². The van der Waals surface area contributed by atoms with Gasteiger partial charge in [-0.05, 0) is 12.8 Å².